The molecule has 0 aromatic rings. The first-order chi connectivity index (χ1) is 7.65. The number of hydrogen-bond acceptors (Lipinski definition) is 4. The molecule has 0 aliphatic carbocycles. The number of amides is 1. The van der Waals surface area contributed by atoms with Crippen LogP contribution in [0, 0.1) is 17.2 Å². The smallest absolute Gasteiger partial charge is 0.239 e. The Bertz CT molecular complexity index is 269. The molecule has 2 unspecified atom stereocenters. The topological polar surface area (TPSA) is 65.4 Å². The van der Waals surface area contributed by atoms with Crippen molar-refractivity contribution in [3.05, 3.63) is 0 Å². The third-order valence-corrected chi connectivity index (χ3v) is 2.64. The van der Waals surface area contributed by atoms with Gasteiger partial charge in [-0.3, -0.25) is 4.79 Å². The number of rotatable bonds is 4. The van der Waals surface area contributed by atoms with Crippen molar-refractivity contribution < 1.29 is 9.53 Å². The Morgan fingerprint density at radius 1 is 1.50 bits per heavy atom. The van der Waals surface area contributed by atoms with Gasteiger partial charge in [0.25, 0.3) is 0 Å². The van der Waals surface area contributed by atoms with E-state index in [1.165, 1.54) is 0 Å². The summed E-state index contributed by atoms with van der Waals surface area (Å²) >= 11 is 0. The van der Waals surface area contributed by atoms with E-state index in [1.807, 2.05) is 13.8 Å². The molecule has 1 rings (SSSR count). The van der Waals surface area contributed by atoms with Crippen molar-refractivity contribution in [2.75, 3.05) is 32.8 Å². The quantitative estimate of drug-likeness (QED) is 0.730. The van der Waals surface area contributed by atoms with Gasteiger partial charge in [0.1, 0.15) is 0 Å². The van der Waals surface area contributed by atoms with Gasteiger partial charge in [0.15, 0.2) is 0 Å². The highest BCUT2D eigenvalue weighted by molar-refractivity contribution is 5.81. The standard InChI is InChI=1S/C11H19N3O2/c1-9(7-12)8-13-10(2)11(15)14-3-5-16-6-4-14/h9-10,13H,3-6,8H2,1-2H3. The van der Waals surface area contributed by atoms with Crippen LogP contribution in [0.5, 0.6) is 0 Å². The zero-order chi connectivity index (χ0) is 12.0. The molecule has 90 valence electrons. The number of carbonyl (C=O) groups excluding carboxylic acids is 1. The van der Waals surface area contributed by atoms with E-state index in [-0.39, 0.29) is 17.9 Å². The minimum atomic E-state index is -0.228. The Labute approximate surface area is 96.4 Å². The molecule has 5 nitrogen and oxygen atoms in total. The fourth-order valence-electron chi connectivity index (χ4n) is 1.54. The molecule has 0 aromatic carbocycles. The van der Waals surface area contributed by atoms with Crippen LogP contribution in [0.15, 0.2) is 0 Å². The Balaban J connectivity index is 2.32. The molecule has 0 bridgehead atoms. The van der Waals surface area contributed by atoms with Crippen molar-refractivity contribution in [3.8, 4) is 6.07 Å². The summed E-state index contributed by atoms with van der Waals surface area (Å²) in [5.74, 6) is 0.0216. The molecule has 0 saturated carbocycles. The van der Waals surface area contributed by atoms with Crippen LogP contribution >= 0.6 is 0 Å². The van der Waals surface area contributed by atoms with Gasteiger partial charge in [0.05, 0.1) is 31.2 Å². The normalized spacial score (nSPS) is 19.9. The lowest BCUT2D eigenvalue weighted by Crippen LogP contribution is -2.49. The zero-order valence-electron chi connectivity index (χ0n) is 9.90. The summed E-state index contributed by atoms with van der Waals surface area (Å²) in [4.78, 5) is 13.7. The van der Waals surface area contributed by atoms with Crippen LogP contribution in [0.2, 0.25) is 0 Å². The van der Waals surface area contributed by atoms with E-state index in [9.17, 15) is 4.79 Å². The molecule has 16 heavy (non-hydrogen) atoms. The van der Waals surface area contributed by atoms with Crippen molar-refractivity contribution in [1.82, 2.24) is 10.2 Å². The summed E-state index contributed by atoms with van der Waals surface area (Å²) in [6, 6.07) is 1.90. The van der Waals surface area contributed by atoms with Crippen LogP contribution in [0.1, 0.15) is 13.8 Å². The number of ether oxygens (including phenoxy) is 1. The van der Waals surface area contributed by atoms with Gasteiger partial charge < -0.3 is 15.0 Å². The molecule has 0 aromatic heterocycles. The second kappa shape index (κ2) is 6.46. The monoisotopic (exact) mass is 225 g/mol. The Kier molecular flexibility index (Phi) is 5.23. The second-order valence-electron chi connectivity index (χ2n) is 4.10. The Hall–Kier alpha value is -1.12. The minimum absolute atomic E-state index is 0.0695. The van der Waals surface area contributed by atoms with Crippen molar-refractivity contribution in [2.24, 2.45) is 5.92 Å². The maximum Gasteiger partial charge on any atom is 0.239 e. The molecule has 1 heterocycles. The number of carbonyl (C=O) groups is 1. The van der Waals surface area contributed by atoms with Crippen LogP contribution in [-0.4, -0.2) is 49.7 Å². The summed E-state index contributed by atoms with van der Waals surface area (Å²) in [5.41, 5.74) is 0. The summed E-state index contributed by atoms with van der Waals surface area (Å²) in [7, 11) is 0. The first kappa shape index (κ1) is 12.9. The largest absolute Gasteiger partial charge is 0.378 e. The fraction of sp³-hybridized carbons (Fsp3) is 0.818. The molecule has 0 spiro atoms. The SMILES string of the molecule is CC(C#N)CNC(C)C(=O)N1CCOCC1. The van der Waals surface area contributed by atoms with Crippen molar-refractivity contribution in [2.45, 2.75) is 19.9 Å². The van der Waals surface area contributed by atoms with E-state index >= 15 is 0 Å². The van der Waals surface area contributed by atoms with Crippen LogP contribution in [-0.2, 0) is 9.53 Å². The van der Waals surface area contributed by atoms with Crippen LogP contribution in [0.4, 0.5) is 0 Å². The van der Waals surface area contributed by atoms with Gasteiger partial charge in [-0.05, 0) is 13.8 Å². The van der Waals surface area contributed by atoms with Crippen LogP contribution < -0.4 is 5.32 Å². The average Bonchev–Trinajstić information content (AvgIpc) is 2.35. The highest BCUT2D eigenvalue weighted by Gasteiger charge is 2.22. The zero-order valence-corrected chi connectivity index (χ0v) is 9.90. The minimum Gasteiger partial charge on any atom is -0.378 e. The number of morpholine rings is 1. The van der Waals surface area contributed by atoms with E-state index in [0.717, 1.165) is 0 Å². The molecule has 1 aliphatic heterocycles. The van der Waals surface area contributed by atoms with Crippen molar-refractivity contribution in [3.63, 3.8) is 0 Å². The lowest BCUT2D eigenvalue weighted by atomic mass is 10.2. The molecule has 1 saturated heterocycles. The van der Waals surface area contributed by atoms with Crippen LogP contribution in [0.25, 0.3) is 0 Å². The first-order valence-electron chi connectivity index (χ1n) is 5.64. The Morgan fingerprint density at radius 2 is 2.12 bits per heavy atom. The molecular weight excluding hydrogens is 206 g/mol. The molecule has 1 aliphatic rings. The van der Waals surface area contributed by atoms with Gasteiger partial charge in [-0.1, -0.05) is 0 Å². The third kappa shape index (κ3) is 3.80. The van der Waals surface area contributed by atoms with E-state index in [0.29, 0.717) is 32.8 Å². The van der Waals surface area contributed by atoms with E-state index in [4.69, 9.17) is 10.00 Å². The number of nitrogens with zero attached hydrogens (tertiary/aromatic N) is 2. The van der Waals surface area contributed by atoms with Crippen molar-refractivity contribution >= 4 is 5.91 Å². The van der Waals surface area contributed by atoms with Crippen LogP contribution in [0.3, 0.4) is 0 Å². The summed E-state index contributed by atoms with van der Waals surface area (Å²) < 4.78 is 5.19. The molecular formula is C11H19N3O2. The lowest BCUT2D eigenvalue weighted by Gasteiger charge is -2.29. The molecule has 1 amide bonds. The van der Waals surface area contributed by atoms with E-state index in [1.54, 1.807) is 4.90 Å². The predicted octanol–water partition coefficient (Wildman–Crippen LogP) is -0.0170. The van der Waals surface area contributed by atoms with E-state index in [2.05, 4.69) is 11.4 Å². The van der Waals surface area contributed by atoms with Gasteiger partial charge in [0.2, 0.25) is 5.91 Å². The fourth-order valence-corrected chi connectivity index (χ4v) is 1.54. The van der Waals surface area contributed by atoms with Gasteiger partial charge in [-0.15, -0.1) is 0 Å². The van der Waals surface area contributed by atoms with Gasteiger partial charge >= 0.3 is 0 Å². The van der Waals surface area contributed by atoms with E-state index < -0.39 is 0 Å². The number of nitriles is 1. The summed E-state index contributed by atoms with van der Waals surface area (Å²) in [5, 5.41) is 11.7. The maximum atomic E-state index is 11.9. The summed E-state index contributed by atoms with van der Waals surface area (Å²) in [6.45, 7) is 6.78. The summed E-state index contributed by atoms with van der Waals surface area (Å²) in [6.07, 6.45) is 0. The van der Waals surface area contributed by atoms with Gasteiger partial charge in [0, 0.05) is 19.6 Å². The second-order valence-corrected chi connectivity index (χ2v) is 4.10. The maximum absolute atomic E-state index is 11.9. The molecule has 5 heteroatoms. The molecule has 1 fully saturated rings. The molecule has 1 N–H and O–H groups in total. The highest BCUT2D eigenvalue weighted by Crippen LogP contribution is 2.01. The molecule has 2 atom stereocenters. The highest BCUT2D eigenvalue weighted by atomic mass is 16.5. The lowest BCUT2D eigenvalue weighted by molar-refractivity contribution is -0.137. The van der Waals surface area contributed by atoms with Gasteiger partial charge in [-0.2, -0.15) is 5.26 Å². The average molecular weight is 225 g/mol. The predicted molar refractivity (Wildman–Crippen MR) is 59.6 cm³/mol. The number of hydrogen-bond donors (Lipinski definition) is 1. The Morgan fingerprint density at radius 3 is 2.69 bits per heavy atom. The molecule has 0 radical (unpaired) electrons. The number of nitrogens with one attached hydrogen (secondary N) is 1. The van der Waals surface area contributed by atoms with Gasteiger partial charge in [-0.25, -0.2) is 0 Å². The third-order valence-electron chi connectivity index (χ3n) is 2.64. The first-order valence-corrected chi connectivity index (χ1v) is 5.64. The van der Waals surface area contributed by atoms with Crippen molar-refractivity contribution in [1.29, 1.82) is 5.26 Å².